The van der Waals surface area contributed by atoms with Crippen LogP contribution in [0.1, 0.15) is 35.0 Å². The average Bonchev–Trinajstić information content (AvgIpc) is 2.63. The zero-order valence-electron chi connectivity index (χ0n) is 11.9. The molecule has 0 aliphatic heterocycles. The van der Waals surface area contributed by atoms with Gasteiger partial charge in [0.1, 0.15) is 5.84 Å². The predicted octanol–water partition coefficient (Wildman–Crippen LogP) is 2.64. The van der Waals surface area contributed by atoms with Crippen LogP contribution in [0.15, 0.2) is 18.2 Å². The Labute approximate surface area is 113 Å². The SMILES string of the molecule is CCc1c(C)nn(-c2c(C)cccc2C(=N)N)c1C. The molecule has 0 radical (unpaired) electrons. The number of benzene rings is 1. The topological polar surface area (TPSA) is 67.7 Å². The monoisotopic (exact) mass is 256 g/mol. The smallest absolute Gasteiger partial charge is 0.124 e. The van der Waals surface area contributed by atoms with E-state index in [2.05, 4.69) is 18.9 Å². The van der Waals surface area contributed by atoms with E-state index in [4.69, 9.17) is 11.1 Å². The van der Waals surface area contributed by atoms with Crippen molar-refractivity contribution in [3.63, 3.8) is 0 Å². The van der Waals surface area contributed by atoms with E-state index in [-0.39, 0.29) is 5.84 Å². The largest absolute Gasteiger partial charge is 0.384 e. The highest BCUT2D eigenvalue weighted by Crippen LogP contribution is 2.23. The third kappa shape index (κ3) is 2.14. The maximum Gasteiger partial charge on any atom is 0.124 e. The Kier molecular flexibility index (Phi) is 3.42. The van der Waals surface area contributed by atoms with Gasteiger partial charge in [-0.3, -0.25) is 5.41 Å². The van der Waals surface area contributed by atoms with Crippen molar-refractivity contribution in [2.75, 3.05) is 0 Å². The fourth-order valence-electron chi connectivity index (χ4n) is 2.56. The van der Waals surface area contributed by atoms with Gasteiger partial charge in [-0.1, -0.05) is 19.1 Å². The minimum absolute atomic E-state index is 0.0734. The summed E-state index contributed by atoms with van der Waals surface area (Å²) in [6, 6.07) is 5.80. The average molecular weight is 256 g/mol. The van der Waals surface area contributed by atoms with Crippen LogP contribution in [0.25, 0.3) is 5.69 Å². The van der Waals surface area contributed by atoms with Crippen LogP contribution in [-0.2, 0) is 6.42 Å². The molecular weight excluding hydrogens is 236 g/mol. The number of nitrogen functional groups attached to an aromatic ring is 1. The Balaban J connectivity index is 2.75. The molecule has 19 heavy (non-hydrogen) atoms. The zero-order chi connectivity index (χ0) is 14.2. The summed E-state index contributed by atoms with van der Waals surface area (Å²) < 4.78 is 1.92. The van der Waals surface area contributed by atoms with Crippen molar-refractivity contribution < 1.29 is 0 Å². The summed E-state index contributed by atoms with van der Waals surface area (Å²) in [5, 5.41) is 12.4. The first kappa shape index (κ1) is 13.3. The van der Waals surface area contributed by atoms with Crippen LogP contribution in [0.5, 0.6) is 0 Å². The molecule has 3 N–H and O–H groups in total. The first-order chi connectivity index (χ1) is 8.97. The van der Waals surface area contributed by atoms with E-state index >= 15 is 0 Å². The molecule has 0 unspecified atom stereocenters. The van der Waals surface area contributed by atoms with E-state index in [1.807, 2.05) is 36.7 Å². The van der Waals surface area contributed by atoms with E-state index in [0.29, 0.717) is 0 Å². The van der Waals surface area contributed by atoms with E-state index in [1.165, 1.54) is 5.56 Å². The number of nitrogens with two attached hydrogens (primary N) is 1. The molecule has 0 aliphatic rings. The molecule has 1 heterocycles. The van der Waals surface area contributed by atoms with E-state index in [0.717, 1.165) is 34.6 Å². The molecule has 1 aromatic heterocycles. The summed E-state index contributed by atoms with van der Waals surface area (Å²) in [7, 11) is 0. The molecule has 4 nitrogen and oxygen atoms in total. The lowest BCUT2D eigenvalue weighted by Gasteiger charge is -2.13. The van der Waals surface area contributed by atoms with Crippen molar-refractivity contribution in [1.29, 1.82) is 5.41 Å². The Bertz CT molecular complexity index is 638. The summed E-state index contributed by atoms with van der Waals surface area (Å²) in [5.74, 6) is 0.0734. The molecule has 0 fully saturated rings. The first-order valence-corrected chi connectivity index (χ1v) is 6.46. The van der Waals surface area contributed by atoms with Crippen molar-refractivity contribution in [3.05, 3.63) is 46.3 Å². The van der Waals surface area contributed by atoms with Gasteiger partial charge in [-0.2, -0.15) is 5.10 Å². The van der Waals surface area contributed by atoms with Gasteiger partial charge in [-0.15, -0.1) is 0 Å². The van der Waals surface area contributed by atoms with Gasteiger partial charge in [0.2, 0.25) is 0 Å². The van der Waals surface area contributed by atoms with Crippen LogP contribution in [0.4, 0.5) is 0 Å². The summed E-state index contributed by atoms with van der Waals surface area (Å²) in [5.41, 5.74) is 11.8. The van der Waals surface area contributed by atoms with Gasteiger partial charge in [-0.05, 0) is 44.4 Å². The van der Waals surface area contributed by atoms with Crippen LogP contribution in [0, 0.1) is 26.2 Å². The maximum atomic E-state index is 7.73. The number of para-hydroxylation sites is 1. The number of nitrogens with one attached hydrogen (secondary N) is 1. The van der Waals surface area contributed by atoms with Crippen molar-refractivity contribution in [2.45, 2.75) is 34.1 Å². The summed E-state index contributed by atoms with van der Waals surface area (Å²) in [4.78, 5) is 0. The lowest BCUT2D eigenvalue weighted by Crippen LogP contribution is -2.16. The van der Waals surface area contributed by atoms with Crippen molar-refractivity contribution in [1.82, 2.24) is 9.78 Å². The highest BCUT2D eigenvalue weighted by atomic mass is 15.3. The van der Waals surface area contributed by atoms with Crippen molar-refractivity contribution >= 4 is 5.84 Å². The summed E-state index contributed by atoms with van der Waals surface area (Å²) >= 11 is 0. The maximum absolute atomic E-state index is 7.73. The number of nitrogens with zero attached hydrogens (tertiary/aromatic N) is 2. The molecule has 1 aromatic carbocycles. The lowest BCUT2D eigenvalue weighted by atomic mass is 10.1. The Morgan fingerprint density at radius 3 is 2.53 bits per heavy atom. The Morgan fingerprint density at radius 2 is 2.00 bits per heavy atom. The number of hydrogen-bond donors (Lipinski definition) is 2. The van der Waals surface area contributed by atoms with Crippen molar-refractivity contribution in [2.24, 2.45) is 5.73 Å². The van der Waals surface area contributed by atoms with E-state index < -0.39 is 0 Å². The fourth-order valence-corrected chi connectivity index (χ4v) is 2.56. The highest BCUT2D eigenvalue weighted by Gasteiger charge is 2.16. The number of rotatable bonds is 3. The molecule has 0 amide bonds. The van der Waals surface area contributed by atoms with Gasteiger partial charge in [-0.25, -0.2) is 4.68 Å². The van der Waals surface area contributed by atoms with Crippen LogP contribution in [0.3, 0.4) is 0 Å². The number of hydrogen-bond acceptors (Lipinski definition) is 2. The summed E-state index contributed by atoms with van der Waals surface area (Å²) in [6.45, 7) is 8.23. The van der Waals surface area contributed by atoms with Crippen LogP contribution in [-0.4, -0.2) is 15.6 Å². The van der Waals surface area contributed by atoms with E-state index in [1.54, 1.807) is 0 Å². The molecule has 0 bridgehead atoms. The van der Waals surface area contributed by atoms with Gasteiger partial charge in [0.25, 0.3) is 0 Å². The lowest BCUT2D eigenvalue weighted by molar-refractivity contribution is 0.824. The molecule has 0 atom stereocenters. The van der Waals surface area contributed by atoms with Crippen molar-refractivity contribution in [3.8, 4) is 5.69 Å². The number of amidine groups is 1. The molecular formula is C15H20N4. The standard InChI is InChI=1S/C15H20N4/c1-5-12-10(3)18-19(11(12)4)14-9(2)7-6-8-13(14)15(16)17/h6-8H,5H2,1-4H3,(H3,16,17). The van der Waals surface area contributed by atoms with Gasteiger partial charge >= 0.3 is 0 Å². The molecule has 2 aromatic rings. The van der Waals surface area contributed by atoms with Gasteiger partial charge in [0.05, 0.1) is 11.4 Å². The van der Waals surface area contributed by atoms with E-state index in [9.17, 15) is 0 Å². The Morgan fingerprint density at radius 1 is 1.32 bits per heavy atom. The second kappa shape index (κ2) is 4.88. The fraction of sp³-hybridized carbons (Fsp3) is 0.333. The summed E-state index contributed by atoms with van der Waals surface area (Å²) in [6.07, 6.45) is 0.957. The molecule has 2 rings (SSSR count). The third-order valence-corrected chi connectivity index (χ3v) is 3.53. The normalized spacial score (nSPS) is 10.7. The quantitative estimate of drug-likeness (QED) is 0.655. The minimum atomic E-state index is 0.0734. The second-order valence-electron chi connectivity index (χ2n) is 4.80. The van der Waals surface area contributed by atoms with Crippen LogP contribution >= 0.6 is 0 Å². The molecule has 100 valence electrons. The zero-order valence-corrected chi connectivity index (χ0v) is 11.9. The van der Waals surface area contributed by atoms with Gasteiger partial charge in [0, 0.05) is 11.3 Å². The Hall–Kier alpha value is -2.10. The molecule has 0 saturated heterocycles. The predicted molar refractivity (Wildman–Crippen MR) is 78.2 cm³/mol. The van der Waals surface area contributed by atoms with Gasteiger partial charge in [0.15, 0.2) is 0 Å². The van der Waals surface area contributed by atoms with Gasteiger partial charge < -0.3 is 5.73 Å². The minimum Gasteiger partial charge on any atom is -0.384 e. The number of aryl methyl sites for hydroxylation is 2. The third-order valence-electron chi connectivity index (χ3n) is 3.53. The molecule has 4 heteroatoms. The first-order valence-electron chi connectivity index (χ1n) is 6.46. The number of aromatic nitrogens is 2. The second-order valence-corrected chi connectivity index (χ2v) is 4.80. The molecule has 0 saturated carbocycles. The highest BCUT2D eigenvalue weighted by molar-refractivity contribution is 5.99. The molecule has 0 aliphatic carbocycles. The van der Waals surface area contributed by atoms with Crippen LogP contribution in [0.2, 0.25) is 0 Å². The van der Waals surface area contributed by atoms with Crippen LogP contribution < -0.4 is 5.73 Å². The molecule has 0 spiro atoms.